The van der Waals surface area contributed by atoms with E-state index in [-0.39, 0.29) is 12.7 Å². The molecule has 0 unspecified atom stereocenters. The van der Waals surface area contributed by atoms with Gasteiger partial charge in [0, 0.05) is 24.2 Å². The number of esters is 1. The standard InChI is InChI=1S/C25H30N2O6/c1-25(2,3)33-24(29)27-15-18-6-5-7-19(22(18)32-16-27)17-8-9-20(23(28)30-4)21(14-17)26-10-12-31-13-11-26/h5-9,14H,10-13,15-16H2,1-4H3. The van der Waals surface area contributed by atoms with Crippen molar-refractivity contribution in [2.75, 3.05) is 45.0 Å². The molecule has 0 atom stereocenters. The van der Waals surface area contributed by atoms with Crippen LogP contribution in [0.3, 0.4) is 0 Å². The van der Waals surface area contributed by atoms with Crippen LogP contribution < -0.4 is 9.64 Å². The van der Waals surface area contributed by atoms with Crippen LogP contribution >= 0.6 is 0 Å². The summed E-state index contributed by atoms with van der Waals surface area (Å²) in [5.74, 6) is 0.360. The van der Waals surface area contributed by atoms with Gasteiger partial charge in [-0.25, -0.2) is 9.59 Å². The highest BCUT2D eigenvalue weighted by Gasteiger charge is 2.28. The number of rotatable bonds is 3. The molecule has 176 valence electrons. The van der Waals surface area contributed by atoms with Gasteiger partial charge in [0.05, 0.1) is 38.1 Å². The van der Waals surface area contributed by atoms with Crippen molar-refractivity contribution < 1.29 is 28.5 Å². The zero-order chi connectivity index (χ0) is 23.6. The smallest absolute Gasteiger partial charge is 0.413 e. The van der Waals surface area contributed by atoms with E-state index < -0.39 is 11.7 Å². The summed E-state index contributed by atoms with van der Waals surface area (Å²) in [5, 5.41) is 0. The van der Waals surface area contributed by atoms with E-state index in [9.17, 15) is 9.59 Å². The Hall–Kier alpha value is -3.26. The van der Waals surface area contributed by atoms with E-state index in [1.165, 1.54) is 12.0 Å². The van der Waals surface area contributed by atoms with Crippen molar-refractivity contribution in [3.63, 3.8) is 0 Å². The maximum atomic E-state index is 12.5. The normalized spacial score (nSPS) is 16.0. The Morgan fingerprint density at radius 3 is 2.52 bits per heavy atom. The molecular weight excluding hydrogens is 424 g/mol. The van der Waals surface area contributed by atoms with Crippen molar-refractivity contribution in [2.24, 2.45) is 0 Å². The fourth-order valence-corrected chi connectivity index (χ4v) is 3.99. The van der Waals surface area contributed by atoms with Crippen molar-refractivity contribution in [1.82, 2.24) is 4.90 Å². The summed E-state index contributed by atoms with van der Waals surface area (Å²) < 4.78 is 22.0. The first-order chi connectivity index (χ1) is 15.8. The Morgan fingerprint density at radius 2 is 1.82 bits per heavy atom. The second-order valence-corrected chi connectivity index (χ2v) is 9.07. The number of ether oxygens (including phenoxy) is 4. The highest BCUT2D eigenvalue weighted by Crippen LogP contribution is 2.39. The molecule has 0 radical (unpaired) electrons. The monoisotopic (exact) mass is 454 g/mol. The molecule has 1 saturated heterocycles. The van der Waals surface area contributed by atoms with Crippen LogP contribution in [0.2, 0.25) is 0 Å². The summed E-state index contributed by atoms with van der Waals surface area (Å²) in [6.07, 6.45) is -0.407. The molecule has 2 aromatic carbocycles. The van der Waals surface area contributed by atoms with Crippen LogP contribution in [0.1, 0.15) is 36.7 Å². The number of methoxy groups -OCH3 is 1. The lowest BCUT2D eigenvalue weighted by atomic mass is 9.97. The van der Waals surface area contributed by atoms with Crippen molar-refractivity contribution in [2.45, 2.75) is 32.9 Å². The van der Waals surface area contributed by atoms with Gasteiger partial charge in [0.2, 0.25) is 0 Å². The molecule has 8 heteroatoms. The van der Waals surface area contributed by atoms with E-state index in [2.05, 4.69) is 4.90 Å². The lowest BCUT2D eigenvalue weighted by molar-refractivity contribution is 0.00248. The molecule has 0 N–H and O–H groups in total. The van der Waals surface area contributed by atoms with E-state index in [0.717, 1.165) is 28.1 Å². The molecule has 33 heavy (non-hydrogen) atoms. The zero-order valence-electron chi connectivity index (χ0n) is 19.6. The molecule has 2 aliphatic heterocycles. The third-order valence-electron chi connectivity index (χ3n) is 5.54. The number of hydrogen-bond acceptors (Lipinski definition) is 7. The summed E-state index contributed by atoms with van der Waals surface area (Å²) >= 11 is 0. The number of nitrogens with zero attached hydrogens (tertiary/aromatic N) is 2. The Kier molecular flexibility index (Phi) is 6.47. The zero-order valence-corrected chi connectivity index (χ0v) is 19.6. The Bertz CT molecular complexity index is 1040. The van der Waals surface area contributed by atoms with Crippen LogP contribution in [0.15, 0.2) is 36.4 Å². The van der Waals surface area contributed by atoms with Crippen LogP contribution in [-0.4, -0.2) is 62.7 Å². The van der Waals surface area contributed by atoms with Gasteiger partial charge in [-0.3, -0.25) is 4.90 Å². The maximum absolute atomic E-state index is 12.5. The highest BCUT2D eigenvalue weighted by molar-refractivity contribution is 5.97. The first-order valence-corrected chi connectivity index (χ1v) is 11.0. The lowest BCUT2D eigenvalue weighted by Gasteiger charge is -2.32. The molecule has 0 aliphatic carbocycles. The number of amides is 1. The Morgan fingerprint density at radius 1 is 1.06 bits per heavy atom. The average Bonchev–Trinajstić information content (AvgIpc) is 2.82. The largest absolute Gasteiger partial charge is 0.472 e. The molecule has 1 fully saturated rings. The van der Waals surface area contributed by atoms with E-state index in [4.69, 9.17) is 18.9 Å². The fourth-order valence-electron chi connectivity index (χ4n) is 3.99. The van der Waals surface area contributed by atoms with Crippen LogP contribution in [0.5, 0.6) is 5.75 Å². The number of carbonyl (C=O) groups is 2. The van der Waals surface area contributed by atoms with E-state index in [1.807, 2.05) is 51.1 Å². The van der Waals surface area contributed by atoms with Crippen molar-refractivity contribution in [3.05, 3.63) is 47.5 Å². The molecule has 2 aliphatic rings. The predicted octanol–water partition coefficient (Wildman–Crippen LogP) is 4.06. The predicted molar refractivity (Wildman–Crippen MR) is 124 cm³/mol. The van der Waals surface area contributed by atoms with Crippen LogP contribution in [0.25, 0.3) is 11.1 Å². The number of hydrogen-bond donors (Lipinski definition) is 0. The van der Waals surface area contributed by atoms with Gasteiger partial charge in [0.1, 0.15) is 11.4 Å². The molecular formula is C25H30N2O6. The molecule has 2 heterocycles. The number of fused-ring (bicyclic) bond motifs is 1. The maximum Gasteiger partial charge on any atom is 0.413 e. The number of carbonyl (C=O) groups excluding carboxylic acids is 2. The topological polar surface area (TPSA) is 77.5 Å². The van der Waals surface area contributed by atoms with Crippen molar-refractivity contribution in [3.8, 4) is 16.9 Å². The molecule has 0 bridgehead atoms. The fraction of sp³-hybridized carbons (Fsp3) is 0.440. The van der Waals surface area contributed by atoms with Crippen LogP contribution in [-0.2, 0) is 20.8 Å². The second-order valence-electron chi connectivity index (χ2n) is 9.07. The van der Waals surface area contributed by atoms with Crippen molar-refractivity contribution >= 4 is 17.7 Å². The summed E-state index contributed by atoms with van der Waals surface area (Å²) in [4.78, 5) is 28.6. The molecule has 4 rings (SSSR count). The highest BCUT2D eigenvalue weighted by atomic mass is 16.6. The minimum absolute atomic E-state index is 0.107. The number of anilines is 1. The molecule has 1 amide bonds. The second kappa shape index (κ2) is 9.31. The van der Waals surface area contributed by atoms with Gasteiger partial charge in [-0.2, -0.15) is 0 Å². The number of benzene rings is 2. The van der Waals surface area contributed by atoms with Gasteiger partial charge in [-0.15, -0.1) is 0 Å². The molecule has 0 aromatic heterocycles. The van der Waals surface area contributed by atoms with Crippen LogP contribution in [0.4, 0.5) is 10.5 Å². The summed E-state index contributed by atoms with van der Waals surface area (Å²) in [7, 11) is 1.39. The molecule has 8 nitrogen and oxygen atoms in total. The minimum atomic E-state index is -0.573. The third kappa shape index (κ3) is 5.06. The van der Waals surface area contributed by atoms with E-state index in [0.29, 0.717) is 38.4 Å². The van der Waals surface area contributed by atoms with Gasteiger partial charge in [-0.05, 0) is 38.5 Å². The van der Waals surface area contributed by atoms with Gasteiger partial charge in [0.25, 0.3) is 0 Å². The summed E-state index contributed by atoms with van der Waals surface area (Å²) in [6.45, 7) is 8.63. The molecule has 0 spiro atoms. The van der Waals surface area contributed by atoms with Crippen molar-refractivity contribution in [1.29, 1.82) is 0 Å². The van der Waals surface area contributed by atoms with Gasteiger partial charge in [0.15, 0.2) is 6.73 Å². The van der Waals surface area contributed by atoms with Crippen LogP contribution in [0, 0.1) is 0 Å². The summed E-state index contributed by atoms with van der Waals surface area (Å²) in [5.41, 5.74) is 3.48. The van der Waals surface area contributed by atoms with E-state index in [1.54, 1.807) is 6.07 Å². The minimum Gasteiger partial charge on any atom is -0.472 e. The first-order valence-electron chi connectivity index (χ1n) is 11.0. The van der Waals surface area contributed by atoms with Gasteiger partial charge >= 0.3 is 12.1 Å². The average molecular weight is 455 g/mol. The molecule has 2 aromatic rings. The number of para-hydroxylation sites is 1. The summed E-state index contributed by atoms with van der Waals surface area (Å²) in [6, 6.07) is 11.6. The van der Waals surface area contributed by atoms with E-state index >= 15 is 0 Å². The lowest BCUT2D eigenvalue weighted by Crippen LogP contribution is -2.40. The third-order valence-corrected chi connectivity index (χ3v) is 5.54. The van der Waals surface area contributed by atoms with Gasteiger partial charge in [-0.1, -0.05) is 24.3 Å². The first kappa shape index (κ1) is 22.9. The van der Waals surface area contributed by atoms with Gasteiger partial charge < -0.3 is 23.8 Å². The SMILES string of the molecule is COC(=O)c1ccc(-c2cccc3c2OCN(C(=O)OC(C)(C)C)C3)cc1N1CCOCC1. The Labute approximate surface area is 194 Å². The Balaban J connectivity index is 1.66. The quantitative estimate of drug-likeness (QED) is 0.647. The number of morpholine rings is 1. The molecule has 0 saturated carbocycles.